The molecular formula is C24H25N3O6. The van der Waals surface area contributed by atoms with E-state index in [1.807, 2.05) is 10.8 Å². The summed E-state index contributed by atoms with van der Waals surface area (Å²) in [4.78, 5) is 16.0. The Bertz CT molecular complexity index is 1170. The lowest BCUT2D eigenvalue weighted by molar-refractivity contribution is -0.137. The Morgan fingerprint density at radius 2 is 2.03 bits per heavy atom. The number of hydrogen-bond acceptors (Lipinski definition) is 8. The lowest BCUT2D eigenvalue weighted by atomic mass is 10.1. The average Bonchev–Trinajstić information content (AvgIpc) is 3.42. The summed E-state index contributed by atoms with van der Waals surface area (Å²) < 4.78 is 18.9. The van der Waals surface area contributed by atoms with Crippen LogP contribution in [0.2, 0.25) is 0 Å². The Hall–Kier alpha value is -3.98. The third-order valence-corrected chi connectivity index (χ3v) is 5.13. The van der Waals surface area contributed by atoms with Crippen LogP contribution >= 0.6 is 0 Å². The molecule has 0 bridgehead atoms. The molecule has 4 rings (SSSR count). The minimum absolute atomic E-state index is 0.221. The number of benzene rings is 2. The fourth-order valence-corrected chi connectivity index (χ4v) is 3.58. The van der Waals surface area contributed by atoms with Crippen LogP contribution in [0.1, 0.15) is 29.8 Å². The molecular weight excluding hydrogens is 426 g/mol. The Balaban J connectivity index is 1.62. The van der Waals surface area contributed by atoms with Gasteiger partial charge in [-0.25, -0.2) is 9.78 Å². The van der Waals surface area contributed by atoms with E-state index in [-0.39, 0.29) is 11.5 Å². The zero-order chi connectivity index (χ0) is 23.4. The first kappa shape index (κ1) is 22.2. The minimum Gasteiger partial charge on any atom is -0.504 e. The summed E-state index contributed by atoms with van der Waals surface area (Å²) in [6.45, 7) is 2.52. The number of fused-ring (bicyclic) bond motifs is 1. The van der Waals surface area contributed by atoms with Crippen molar-refractivity contribution in [3.05, 3.63) is 71.8 Å². The number of phenols is 2. The van der Waals surface area contributed by atoms with Crippen molar-refractivity contribution in [1.82, 2.24) is 9.55 Å². The van der Waals surface area contributed by atoms with Crippen LogP contribution in [0.3, 0.4) is 0 Å². The van der Waals surface area contributed by atoms with Gasteiger partial charge in [0.05, 0.1) is 18.6 Å². The van der Waals surface area contributed by atoms with Crippen LogP contribution in [0.5, 0.6) is 23.0 Å². The smallest absolute Gasteiger partial charge is 0.330 e. The highest BCUT2D eigenvalue weighted by Crippen LogP contribution is 2.41. The number of rotatable bonds is 8. The molecule has 1 aliphatic rings. The highest BCUT2D eigenvalue weighted by atomic mass is 16.7. The number of phenolic OH excluding ortho intramolecular Hbond substituents is 2. The first-order valence-electron chi connectivity index (χ1n) is 10.5. The molecule has 2 atom stereocenters. The van der Waals surface area contributed by atoms with E-state index in [2.05, 4.69) is 4.98 Å². The molecule has 0 amide bonds. The van der Waals surface area contributed by atoms with E-state index in [4.69, 9.17) is 19.9 Å². The highest BCUT2D eigenvalue weighted by molar-refractivity contribution is 5.87. The van der Waals surface area contributed by atoms with Crippen LogP contribution in [-0.4, -0.2) is 45.2 Å². The number of ether oxygens (including phenoxy) is 3. The van der Waals surface area contributed by atoms with Gasteiger partial charge in [-0.05, 0) is 54.9 Å². The first-order chi connectivity index (χ1) is 16.0. The zero-order valence-electron chi connectivity index (χ0n) is 18.0. The van der Waals surface area contributed by atoms with Gasteiger partial charge in [0.2, 0.25) is 0 Å². The second kappa shape index (κ2) is 9.66. The molecule has 0 fully saturated rings. The van der Waals surface area contributed by atoms with Gasteiger partial charge in [-0.2, -0.15) is 0 Å². The molecule has 3 aromatic rings. The van der Waals surface area contributed by atoms with E-state index in [0.29, 0.717) is 36.6 Å². The molecule has 172 valence electrons. The minimum atomic E-state index is -0.770. The normalized spacial score (nSPS) is 15.6. The fourth-order valence-electron chi connectivity index (χ4n) is 3.58. The molecule has 0 saturated heterocycles. The van der Waals surface area contributed by atoms with Gasteiger partial charge in [0.25, 0.3) is 6.29 Å². The second-order valence-electron chi connectivity index (χ2n) is 7.44. The SMILES string of the molecule is CCOC(=O)/C=C/c1ccc2c(c1)OC(C(c1ccc(O)c(O)c1)n1cnc(CCN)c1)O2. The monoisotopic (exact) mass is 451 g/mol. The topological polar surface area (TPSA) is 129 Å². The number of carbonyl (C=O) groups excluding carboxylic acids is 1. The Morgan fingerprint density at radius 3 is 2.79 bits per heavy atom. The van der Waals surface area contributed by atoms with Crippen LogP contribution in [0, 0.1) is 0 Å². The van der Waals surface area contributed by atoms with Gasteiger partial charge in [-0.1, -0.05) is 12.1 Å². The van der Waals surface area contributed by atoms with E-state index in [9.17, 15) is 15.0 Å². The van der Waals surface area contributed by atoms with Gasteiger partial charge in [-0.15, -0.1) is 0 Å². The van der Waals surface area contributed by atoms with E-state index in [1.54, 1.807) is 43.6 Å². The fraction of sp³-hybridized carbons (Fsp3) is 0.250. The van der Waals surface area contributed by atoms with Crippen molar-refractivity contribution in [2.75, 3.05) is 13.2 Å². The average molecular weight is 451 g/mol. The van der Waals surface area contributed by atoms with E-state index in [1.165, 1.54) is 18.2 Å². The van der Waals surface area contributed by atoms with Crippen molar-refractivity contribution in [3.8, 4) is 23.0 Å². The quantitative estimate of drug-likeness (QED) is 0.271. The summed E-state index contributed by atoms with van der Waals surface area (Å²) >= 11 is 0. The third-order valence-electron chi connectivity index (χ3n) is 5.13. The van der Waals surface area contributed by atoms with Gasteiger partial charge in [-0.3, -0.25) is 0 Å². The second-order valence-corrected chi connectivity index (χ2v) is 7.44. The predicted molar refractivity (Wildman–Crippen MR) is 120 cm³/mol. The lowest BCUT2D eigenvalue weighted by Crippen LogP contribution is -2.31. The standard InChI is InChI=1S/C24H25N3O6/c1-2-31-22(30)8-4-15-3-7-20-21(11-15)33-24(32-20)23(16-5-6-18(28)19(29)12-16)27-13-17(9-10-25)26-14-27/h3-8,11-14,23-24,28-29H,2,9-10,25H2,1H3/b8-4+. The largest absolute Gasteiger partial charge is 0.504 e. The van der Waals surface area contributed by atoms with E-state index in [0.717, 1.165) is 11.3 Å². The molecule has 4 N–H and O–H groups in total. The number of imidazole rings is 1. The molecule has 0 saturated carbocycles. The number of nitrogens with two attached hydrogens (primary N) is 1. The first-order valence-corrected chi connectivity index (χ1v) is 10.5. The maximum Gasteiger partial charge on any atom is 0.330 e. The number of nitrogens with zero attached hydrogens (tertiary/aromatic N) is 2. The van der Waals surface area contributed by atoms with Gasteiger partial charge in [0.15, 0.2) is 23.0 Å². The summed E-state index contributed by atoms with van der Waals surface area (Å²) in [6, 6.07) is 9.39. The van der Waals surface area contributed by atoms with E-state index >= 15 is 0 Å². The van der Waals surface area contributed by atoms with Crippen LogP contribution in [0.25, 0.3) is 6.08 Å². The van der Waals surface area contributed by atoms with E-state index < -0.39 is 18.3 Å². The Kier molecular flexibility index (Phi) is 6.50. The molecule has 0 radical (unpaired) electrons. The molecule has 2 heterocycles. The summed E-state index contributed by atoms with van der Waals surface area (Å²) in [7, 11) is 0. The van der Waals surface area contributed by atoms with Gasteiger partial charge in [0.1, 0.15) is 6.04 Å². The Morgan fingerprint density at radius 1 is 1.21 bits per heavy atom. The molecule has 0 aliphatic carbocycles. The van der Waals surface area contributed by atoms with Gasteiger partial charge < -0.3 is 34.7 Å². The lowest BCUT2D eigenvalue weighted by Gasteiger charge is -2.24. The van der Waals surface area contributed by atoms with Crippen molar-refractivity contribution in [2.45, 2.75) is 25.7 Å². The summed E-state index contributed by atoms with van der Waals surface area (Å²) in [5.41, 5.74) is 7.87. The molecule has 0 spiro atoms. The maximum atomic E-state index is 11.6. The molecule has 2 aromatic carbocycles. The zero-order valence-corrected chi connectivity index (χ0v) is 18.0. The molecule has 33 heavy (non-hydrogen) atoms. The number of esters is 1. The Labute approximate surface area is 190 Å². The third kappa shape index (κ3) is 4.93. The molecule has 1 aliphatic heterocycles. The van der Waals surface area contributed by atoms with Gasteiger partial charge >= 0.3 is 5.97 Å². The molecule has 2 unspecified atom stereocenters. The number of carbonyl (C=O) groups is 1. The number of aromatic nitrogens is 2. The van der Waals surface area contributed by atoms with Crippen molar-refractivity contribution < 1.29 is 29.2 Å². The molecule has 9 heteroatoms. The molecule has 9 nitrogen and oxygen atoms in total. The van der Waals surface area contributed by atoms with Crippen LogP contribution in [0.15, 0.2) is 55.0 Å². The van der Waals surface area contributed by atoms with Crippen LogP contribution < -0.4 is 15.2 Å². The van der Waals surface area contributed by atoms with Crippen LogP contribution in [0.4, 0.5) is 0 Å². The van der Waals surface area contributed by atoms with Crippen molar-refractivity contribution in [2.24, 2.45) is 5.73 Å². The summed E-state index contributed by atoms with van der Waals surface area (Å²) in [6.07, 6.45) is 6.34. The molecule has 1 aromatic heterocycles. The predicted octanol–water partition coefficient (Wildman–Crippen LogP) is 2.76. The van der Waals surface area contributed by atoms with Crippen molar-refractivity contribution in [1.29, 1.82) is 0 Å². The van der Waals surface area contributed by atoms with Gasteiger partial charge in [0, 0.05) is 18.7 Å². The summed E-state index contributed by atoms with van der Waals surface area (Å²) in [5, 5.41) is 19.8. The highest BCUT2D eigenvalue weighted by Gasteiger charge is 2.35. The summed E-state index contributed by atoms with van der Waals surface area (Å²) in [5.74, 6) is 0.168. The van der Waals surface area contributed by atoms with Crippen LogP contribution in [-0.2, 0) is 16.0 Å². The number of aromatic hydroxyl groups is 2. The number of hydrogen-bond donors (Lipinski definition) is 3. The van der Waals surface area contributed by atoms with Crippen molar-refractivity contribution >= 4 is 12.0 Å². The van der Waals surface area contributed by atoms with Crippen molar-refractivity contribution in [3.63, 3.8) is 0 Å². The maximum absolute atomic E-state index is 11.6.